The predicted molar refractivity (Wildman–Crippen MR) is 134 cm³/mol. The molecule has 0 aliphatic carbocycles. The summed E-state index contributed by atoms with van der Waals surface area (Å²) >= 11 is 6.06. The zero-order chi connectivity index (χ0) is 24.8. The molecular formula is C26H19ClN4O4. The standard InChI is InChI=1S/C26H19ClN4O4/c27-23-16-20(31(34)35)9-10-21(23)25(32)30-24-4-2-1-3-22(24)26(33)29-19-7-5-17(6-8-19)15-18-11-13-28-14-12-18/h1-14,16H,15H2,(H,29,33)(H,30,32). The van der Waals surface area contributed by atoms with Crippen molar-refractivity contribution in [2.45, 2.75) is 6.42 Å². The van der Waals surface area contributed by atoms with Gasteiger partial charge < -0.3 is 10.6 Å². The largest absolute Gasteiger partial charge is 0.322 e. The normalized spacial score (nSPS) is 10.4. The summed E-state index contributed by atoms with van der Waals surface area (Å²) < 4.78 is 0. The number of anilines is 2. The number of nitrogens with zero attached hydrogens (tertiary/aromatic N) is 2. The molecule has 4 aromatic rings. The van der Waals surface area contributed by atoms with Crippen LogP contribution in [0.25, 0.3) is 0 Å². The van der Waals surface area contributed by atoms with E-state index in [2.05, 4.69) is 15.6 Å². The molecule has 0 radical (unpaired) electrons. The molecule has 1 aromatic heterocycles. The van der Waals surface area contributed by atoms with Gasteiger partial charge in [-0.15, -0.1) is 0 Å². The van der Waals surface area contributed by atoms with E-state index in [1.165, 1.54) is 12.1 Å². The average Bonchev–Trinajstić information content (AvgIpc) is 2.86. The lowest BCUT2D eigenvalue weighted by Gasteiger charge is -2.12. The third kappa shape index (κ3) is 5.87. The van der Waals surface area contributed by atoms with Gasteiger partial charge in [-0.25, -0.2) is 0 Å². The van der Waals surface area contributed by atoms with Crippen molar-refractivity contribution in [3.8, 4) is 0 Å². The fourth-order valence-corrected chi connectivity index (χ4v) is 3.68. The van der Waals surface area contributed by atoms with E-state index in [1.54, 1.807) is 36.7 Å². The number of nitro benzene ring substituents is 1. The van der Waals surface area contributed by atoms with Crippen molar-refractivity contribution in [2.75, 3.05) is 10.6 Å². The number of aromatic nitrogens is 1. The van der Waals surface area contributed by atoms with E-state index in [0.717, 1.165) is 23.6 Å². The maximum atomic E-state index is 12.9. The highest BCUT2D eigenvalue weighted by atomic mass is 35.5. The number of non-ortho nitro benzene ring substituents is 1. The SMILES string of the molecule is O=C(Nc1ccccc1C(=O)Nc1ccc(Cc2ccncc2)cc1)c1ccc([N+](=O)[O-])cc1Cl. The molecule has 0 bridgehead atoms. The smallest absolute Gasteiger partial charge is 0.270 e. The third-order valence-corrected chi connectivity index (χ3v) is 5.51. The van der Waals surface area contributed by atoms with Crippen LogP contribution in [0.15, 0.2) is 91.3 Å². The molecule has 0 aliphatic rings. The molecule has 0 saturated heterocycles. The molecule has 8 nitrogen and oxygen atoms in total. The molecule has 0 unspecified atom stereocenters. The predicted octanol–water partition coefficient (Wildman–Crippen LogP) is 5.74. The van der Waals surface area contributed by atoms with E-state index in [9.17, 15) is 19.7 Å². The van der Waals surface area contributed by atoms with Crippen LogP contribution < -0.4 is 10.6 Å². The Morgan fingerprint density at radius 1 is 0.829 bits per heavy atom. The highest BCUT2D eigenvalue weighted by Crippen LogP contribution is 2.25. The summed E-state index contributed by atoms with van der Waals surface area (Å²) in [7, 11) is 0. The maximum Gasteiger partial charge on any atom is 0.270 e. The second-order valence-corrected chi connectivity index (χ2v) is 8.01. The van der Waals surface area contributed by atoms with Crippen molar-refractivity contribution in [3.05, 3.63) is 129 Å². The summed E-state index contributed by atoms with van der Waals surface area (Å²) in [5.74, 6) is -0.997. The number of hydrogen-bond acceptors (Lipinski definition) is 5. The van der Waals surface area contributed by atoms with E-state index in [1.807, 2.05) is 36.4 Å². The zero-order valence-corrected chi connectivity index (χ0v) is 19.0. The van der Waals surface area contributed by atoms with Crippen molar-refractivity contribution >= 4 is 40.5 Å². The van der Waals surface area contributed by atoms with Gasteiger partial charge in [0.25, 0.3) is 17.5 Å². The van der Waals surface area contributed by atoms with Crippen LogP contribution in [0.1, 0.15) is 31.8 Å². The van der Waals surface area contributed by atoms with Crippen LogP contribution in [0.5, 0.6) is 0 Å². The molecule has 0 aliphatic heterocycles. The van der Waals surface area contributed by atoms with E-state index >= 15 is 0 Å². The third-order valence-electron chi connectivity index (χ3n) is 5.20. The number of nitrogens with one attached hydrogen (secondary N) is 2. The van der Waals surface area contributed by atoms with E-state index in [0.29, 0.717) is 5.69 Å². The van der Waals surface area contributed by atoms with Crippen LogP contribution in [0, 0.1) is 10.1 Å². The highest BCUT2D eigenvalue weighted by molar-refractivity contribution is 6.34. The van der Waals surface area contributed by atoms with Gasteiger partial charge in [0.05, 0.1) is 26.8 Å². The summed E-state index contributed by atoms with van der Waals surface area (Å²) in [6, 6.07) is 21.5. The number of carbonyl (C=O) groups excluding carboxylic acids is 2. The van der Waals surface area contributed by atoms with Crippen molar-refractivity contribution < 1.29 is 14.5 Å². The topological polar surface area (TPSA) is 114 Å². The summed E-state index contributed by atoms with van der Waals surface area (Å²) in [4.78, 5) is 40.0. The minimum absolute atomic E-state index is 0.0530. The zero-order valence-electron chi connectivity index (χ0n) is 18.3. The van der Waals surface area contributed by atoms with Gasteiger partial charge in [0.15, 0.2) is 0 Å². The number of halogens is 1. The molecule has 1 heterocycles. The number of carbonyl (C=O) groups is 2. The van der Waals surface area contributed by atoms with E-state index < -0.39 is 16.7 Å². The Kier molecular flexibility index (Phi) is 7.13. The molecule has 35 heavy (non-hydrogen) atoms. The number of nitro groups is 1. The lowest BCUT2D eigenvalue weighted by Crippen LogP contribution is -2.18. The Morgan fingerprint density at radius 2 is 1.49 bits per heavy atom. The van der Waals surface area contributed by atoms with Crippen molar-refractivity contribution in [3.63, 3.8) is 0 Å². The molecule has 3 aromatic carbocycles. The van der Waals surface area contributed by atoms with Crippen LogP contribution in [0.4, 0.5) is 17.1 Å². The van der Waals surface area contributed by atoms with E-state index in [-0.39, 0.29) is 27.5 Å². The first-order valence-electron chi connectivity index (χ1n) is 10.5. The molecule has 0 atom stereocenters. The first-order chi connectivity index (χ1) is 16.9. The van der Waals surface area contributed by atoms with Gasteiger partial charge in [0.2, 0.25) is 0 Å². The molecular weight excluding hydrogens is 468 g/mol. The fourth-order valence-electron chi connectivity index (χ4n) is 3.42. The van der Waals surface area contributed by atoms with Gasteiger partial charge in [-0.3, -0.25) is 24.7 Å². The van der Waals surface area contributed by atoms with Crippen molar-refractivity contribution in [2.24, 2.45) is 0 Å². The van der Waals surface area contributed by atoms with Gasteiger partial charge in [-0.05, 0) is 60.0 Å². The number of pyridine rings is 1. The maximum absolute atomic E-state index is 12.9. The van der Waals surface area contributed by atoms with Gasteiger partial charge in [0, 0.05) is 30.2 Å². The number of rotatable bonds is 7. The lowest BCUT2D eigenvalue weighted by atomic mass is 10.1. The Labute approximate surface area is 205 Å². The van der Waals surface area contributed by atoms with Gasteiger partial charge in [-0.2, -0.15) is 0 Å². The monoisotopic (exact) mass is 486 g/mol. The summed E-state index contributed by atoms with van der Waals surface area (Å²) in [5.41, 5.74) is 3.18. The number of para-hydroxylation sites is 1. The summed E-state index contributed by atoms with van der Waals surface area (Å²) in [5, 5.41) is 16.3. The lowest BCUT2D eigenvalue weighted by molar-refractivity contribution is -0.384. The molecule has 2 amide bonds. The van der Waals surface area contributed by atoms with Crippen LogP contribution in [-0.4, -0.2) is 21.7 Å². The van der Waals surface area contributed by atoms with Crippen molar-refractivity contribution in [1.82, 2.24) is 4.98 Å². The molecule has 4 rings (SSSR count). The van der Waals surface area contributed by atoms with Crippen LogP contribution in [0.3, 0.4) is 0 Å². The number of amides is 2. The molecule has 0 spiro atoms. The molecule has 0 saturated carbocycles. The van der Waals surface area contributed by atoms with Crippen LogP contribution >= 0.6 is 11.6 Å². The van der Waals surface area contributed by atoms with Crippen LogP contribution in [0.2, 0.25) is 5.02 Å². The number of hydrogen-bond donors (Lipinski definition) is 2. The molecule has 0 fully saturated rings. The van der Waals surface area contributed by atoms with Gasteiger partial charge in [-0.1, -0.05) is 35.9 Å². The molecule has 9 heteroatoms. The van der Waals surface area contributed by atoms with E-state index in [4.69, 9.17) is 11.6 Å². The number of benzene rings is 3. The Bertz CT molecular complexity index is 1390. The quantitative estimate of drug-likeness (QED) is 0.255. The minimum Gasteiger partial charge on any atom is -0.322 e. The Hall–Kier alpha value is -4.56. The van der Waals surface area contributed by atoms with Gasteiger partial charge >= 0.3 is 0 Å². The van der Waals surface area contributed by atoms with Crippen LogP contribution in [-0.2, 0) is 6.42 Å². The second kappa shape index (κ2) is 10.6. The minimum atomic E-state index is -0.598. The first-order valence-corrected chi connectivity index (χ1v) is 10.9. The van der Waals surface area contributed by atoms with Crippen molar-refractivity contribution in [1.29, 1.82) is 0 Å². The Morgan fingerprint density at radius 3 is 2.17 bits per heavy atom. The fraction of sp³-hybridized carbons (Fsp3) is 0.0385. The first kappa shape index (κ1) is 23.6. The molecule has 2 N–H and O–H groups in total. The Balaban J connectivity index is 1.46. The molecule has 174 valence electrons. The highest BCUT2D eigenvalue weighted by Gasteiger charge is 2.18. The average molecular weight is 487 g/mol. The summed E-state index contributed by atoms with van der Waals surface area (Å²) in [6.07, 6.45) is 4.24. The second-order valence-electron chi connectivity index (χ2n) is 7.60. The van der Waals surface area contributed by atoms with Gasteiger partial charge in [0.1, 0.15) is 0 Å². The summed E-state index contributed by atoms with van der Waals surface area (Å²) in [6.45, 7) is 0.